The highest BCUT2D eigenvalue weighted by Crippen LogP contribution is 2.32. The third-order valence-electron chi connectivity index (χ3n) is 3.33. The van der Waals surface area contributed by atoms with Crippen LogP contribution in [0.25, 0.3) is 0 Å². The molecule has 0 aliphatic rings. The normalized spacial score (nSPS) is 12.0. The van der Waals surface area contributed by atoms with E-state index in [0.29, 0.717) is 12.1 Å². The van der Waals surface area contributed by atoms with Crippen LogP contribution in [0.5, 0.6) is 5.75 Å². The van der Waals surface area contributed by atoms with E-state index >= 15 is 0 Å². The maximum atomic E-state index is 9.76. The van der Waals surface area contributed by atoms with Crippen LogP contribution in [-0.2, 0) is 0 Å². The standard InChI is InChI=1S/C16H20N2O2/c1-4-15(19)13-10-9-12(11-17-13)18(2)14-7-5-6-8-16(14)20-3/h5-11,15,19H,4H2,1-3H3/t15-/m1/s1. The van der Waals surface area contributed by atoms with Gasteiger partial charge in [-0.05, 0) is 30.7 Å². The van der Waals surface area contributed by atoms with E-state index in [1.165, 1.54) is 0 Å². The van der Waals surface area contributed by atoms with Crippen molar-refractivity contribution in [3.8, 4) is 5.75 Å². The molecule has 4 nitrogen and oxygen atoms in total. The van der Waals surface area contributed by atoms with E-state index in [-0.39, 0.29) is 0 Å². The van der Waals surface area contributed by atoms with Gasteiger partial charge in [-0.2, -0.15) is 0 Å². The second kappa shape index (κ2) is 6.39. The van der Waals surface area contributed by atoms with Gasteiger partial charge in [0.15, 0.2) is 0 Å². The first-order valence-corrected chi connectivity index (χ1v) is 6.68. The number of aliphatic hydroxyl groups is 1. The Hall–Kier alpha value is -2.07. The summed E-state index contributed by atoms with van der Waals surface area (Å²) in [5.41, 5.74) is 2.62. The monoisotopic (exact) mass is 272 g/mol. The van der Waals surface area contributed by atoms with E-state index in [9.17, 15) is 5.11 Å². The van der Waals surface area contributed by atoms with E-state index in [2.05, 4.69) is 4.98 Å². The number of para-hydroxylation sites is 2. The summed E-state index contributed by atoms with van der Waals surface area (Å²) < 4.78 is 5.37. The predicted octanol–water partition coefficient (Wildman–Crippen LogP) is 3.30. The molecule has 0 saturated carbocycles. The number of methoxy groups -OCH3 is 1. The van der Waals surface area contributed by atoms with Crippen molar-refractivity contribution in [3.05, 3.63) is 48.3 Å². The Balaban J connectivity index is 2.27. The molecule has 2 rings (SSSR count). The molecule has 0 saturated heterocycles. The molecule has 2 aromatic rings. The molecule has 0 aliphatic heterocycles. The minimum absolute atomic E-state index is 0.499. The van der Waals surface area contributed by atoms with Gasteiger partial charge in [-0.3, -0.25) is 4.98 Å². The Kier molecular flexibility index (Phi) is 4.58. The molecule has 0 bridgehead atoms. The summed E-state index contributed by atoms with van der Waals surface area (Å²) in [5, 5.41) is 9.76. The highest BCUT2D eigenvalue weighted by Gasteiger charge is 2.11. The Morgan fingerprint density at radius 1 is 1.25 bits per heavy atom. The molecule has 1 aromatic carbocycles. The molecule has 0 fully saturated rings. The van der Waals surface area contributed by atoms with Crippen molar-refractivity contribution in [2.45, 2.75) is 19.4 Å². The summed E-state index contributed by atoms with van der Waals surface area (Å²) >= 11 is 0. The largest absolute Gasteiger partial charge is 0.495 e. The van der Waals surface area contributed by atoms with Gasteiger partial charge in [-0.15, -0.1) is 0 Å². The summed E-state index contributed by atoms with van der Waals surface area (Å²) in [7, 11) is 3.62. The van der Waals surface area contributed by atoms with Crippen LogP contribution >= 0.6 is 0 Å². The van der Waals surface area contributed by atoms with Crippen LogP contribution in [0.1, 0.15) is 25.1 Å². The van der Waals surface area contributed by atoms with Gasteiger partial charge >= 0.3 is 0 Å². The summed E-state index contributed by atoms with van der Waals surface area (Å²) in [5.74, 6) is 0.813. The first-order chi connectivity index (χ1) is 9.67. The molecule has 0 aliphatic carbocycles. The minimum Gasteiger partial charge on any atom is -0.495 e. The van der Waals surface area contributed by atoms with Crippen LogP contribution in [0.3, 0.4) is 0 Å². The number of rotatable bonds is 5. The quantitative estimate of drug-likeness (QED) is 0.907. The van der Waals surface area contributed by atoms with E-state index in [1.807, 2.05) is 55.3 Å². The number of pyridine rings is 1. The summed E-state index contributed by atoms with van der Waals surface area (Å²) in [6.45, 7) is 1.93. The lowest BCUT2D eigenvalue weighted by molar-refractivity contribution is 0.169. The number of nitrogens with zero attached hydrogens (tertiary/aromatic N) is 2. The third kappa shape index (κ3) is 2.91. The topological polar surface area (TPSA) is 45.6 Å². The molecule has 1 atom stereocenters. The van der Waals surface area contributed by atoms with Crippen molar-refractivity contribution in [2.75, 3.05) is 19.1 Å². The second-order valence-electron chi connectivity index (χ2n) is 4.60. The fraction of sp³-hybridized carbons (Fsp3) is 0.312. The first-order valence-electron chi connectivity index (χ1n) is 6.68. The molecule has 0 radical (unpaired) electrons. The highest BCUT2D eigenvalue weighted by atomic mass is 16.5. The van der Waals surface area contributed by atoms with Gasteiger partial charge in [-0.25, -0.2) is 0 Å². The van der Waals surface area contributed by atoms with Crippen LogP contribution in [-0.4, -0.2) is 24.2 Å². The Morgan fingerprint density at radius 3 is 2.60 bits per heavy atom. The van der Waals surface area contributed by atoms with Gasteiger partial charge in [0.25, 0.3) is 0 Å². The van der Waals surface area contributed by atoms with Crippen LogP contribution in [0.4, 0.5) is 11.4 Å². The zero-order chi connectivity index (χ0) is 14.5. The smallest absolute Gasteiger partial charge is 0.142 e. The molecule has 0 unspecified atom stereocenters. The van der Waals surface area contributed by atoms with E-state index in [1.54, 1.807) is 13.3 Å². The summed E-state index contributed by atoms with van der Waals surface area (Å²) in [6.07, 6.45) is 1.93. The Labute approximate surface area is 119 Å². The van der Waals surface area contributed by atoms with Gasteiger partial charge in [0, 0.05) is 7.05 Å². The molecular formula is C16H20N2O2. The fourth-order valence-electron chi connectivity index (χ4n) is 2.05. The number of aromatic nitrogens is 1. The van der Waals surface area contributed by atoms with Gasteiger partial charge < -0.3 is 14.7 Å². The average molecular weight is 272 g/mol. The van der Waals surface area contributed by atoms with Crippen LogP contribution in [0.2, 0.25) is 0 Å². The lowest BCUT2D eigenvalue weighted by Gasteiger charge is -2.21. The van der Waals surface area contributed by atoms with Crippen LogP contribution < -0.4 is 9.64 Å². The van der Waals surface area contributed by atoms with Crippen LogP contribution in [0.15, 0.2) is 42.6 Å². The zero-order valence-corrected chi connectivity index (χ0v) is 12.1. The lowest BCUT2D eigenvalue weighted by Crippen LogP contribution is -2.11. The molecule has 20 heavy (non-hydrogen) atoms. The van der Waals surface area contributed by atoms with Gasteiger partial charge in [0.05, 0.1) is 36.5 Å². The van der Waals surface area contributed by atoms with E-state index < -0.39 is 6.10 Å². The van der Waals surface area contributed by atoms with Crippen molar-refractivity contribution in [3.63, 3.8) is 0 Å². The number of ether oxygens (including phenoxy) is 1. The molecule has 1 heterocycles. The van der Waals surface area contributed by atoms with Gasteiger partial charge in [0.2, 0.25) is 0 Å². The predicted molar refractivity (Wildman–Crippen MR) is 80.5 cm³/mol. The SMILES string of the molecule is CC[C@@H](O)c1ccc(N(C)c2ccccc2OC)cn1. The average Bonchev–Trinajstić information content (AvgIpc) is 2.53. The minimum atomic E-state index is -0.499. The van der Waals surface area contributed by atoms with Crippen molar-refractivity contribution in [1.29, 1.82) is 0 Å². The second-order valence-corrected chi connectivity index (χ2v) is 4.60. The molecule has 1 N–H and O–H groups in total. The fourth-order valence-corrected chi connectivity index (χ4v) is 2.05. The van der Waals surface area contributed by atoms with Crippen molar-refractivity contribution < 1.29 is 9.84 Å². The third-order valence-corrected chi connectivity index (χ3v) is 3.33. The molecular weight excluding hydrogens is 252 g/mol. The highest BCUT2D eigenvalue weighted by molar-refractivity contribution is 5.68. The van der Waals surface area contributed by atoms with Gasteiger partial charge in [-0.1, -0.05) is 19.1 Å². The molecule has 0 amide bonds. The Morgan fingerprint density at radius 2 is 2.00 bits per heavy atom. The summed E-state index contributed by atoms with van der Waals surface area (Å²) in [4.78, 5) is 6.33. The molecule has 0 spiro atoms. The molecule has 1 aromatic heterocycles. The van der Waals surface area contributed by atoms with Crippen molar-refractivity contribution in [1.82, 2.24) is 4.98 Å². The number of benzene rings is 1. The lowest BCUT2D eigenvalue weighted by atomic mass is 10.2. The number of hydrogen-bond donors (Lipinski definition) is 1. The van der Waals surface area contributed by atoms with Crippen LogP contribution in [0, 0.1) is 0 Å². The van der Waals surface area contributed by atoms with Crippen molar-refractivity contribution in [2.24, 2.45) is 0 Å². The van der Waals surface area contributed by atoms with Gasteiger partial charge in [0.1, 0.15) is 5.75 Å². The van der Waals surface area contributed by atoms with E-state index in [0.717, 1.165) is 17.1 Å². The number of anilines is 2. The maximum Gasteiger partial charge on any atom is 0.142 e. The first kappa shape index (κ1) is 14.3. The van der Waals surface area contributed by atoms with Crippen molar-refractivity contribution >= 4 is 11.4 Å². The Bertz CT molecular complexity index is 555. The number of hydrogen-bond acceptors (Lipinski definition) is 4. The maximum absolute atomic E-state index is 9.76. The molecule has 4 heteroatoms. The summed E-state index contributed by atoms with van der Waals surface area (Å²) in [6, 6.07) is 11.6. The zero-order valence-electron chi connectivity index (χ0n) is 12.1. The molecule has 106 valence electrons. The van der Waals surface area contributed by atoms with E-state index in [4.69, 9.17) is 4.74 Å². The number of aliphatic hydroxyl groups excluding tert-OH is 1.